The van der Waals surface area contributed by atoms with Gasteiger partial charge >= 0.3 is 0 Å². The minimum absolute atomic E-state index is 0.390. The molecular formula is C12H21N3O. The molecule has 0 aromatic carbocycles. The Kier molecular flexibility index (Phi) is 3.49. The summed E-state index contributed by atoms with van der Waals surface area (Å²) in [7, 11) is 1.72. The second-order valence-electron chi connectivity index (χ2n) is 4.47. The third kappa shape index (κ3) is 2.07. The number of nitrogens with one attached hydrogen (secondary N) is 1. The highest BCUT2D eigenvalue weighted by Gasteiger charge is 2.25. The number of rotatable bonds is 3. The van der Waals surface area contributed by atoms with Crippen molar-refractivity contribution in [3.05, 3.63) is 11.9 Å². The Labute approximate surface area is 97.0 Å². The van der Waals surface area contributed by atoms with Crippen LogP contribution in [0.15, 0.2) is 6.20 Å². The fraction of sp³-hybridized carbons (Fsp3) is 0.750. The first-order valence-corrected chi connectivity index (χ1v) is 6.12. The van der Waals surface area contributed by atoms with Crippen LogP contribution >= 0.6 is 0 Å². The quantitative estimate of drug-likeness (QED) is 0.853. The lowest BCUT2D eigenvalue weighted by molar-refractivity contribution is 0.314. The Morgan fingerprint density at radius 3 is 3.00 bits per heavy atom. The summed E-state index contributed by atoms with van der Waals surface area (Å²) in [6.45, 7) is 5.25. The lowest BCUT2D eigenvalue weighted by atomic mass is 9.97. The molecule has 0 radical (unpaired) electrons. The number of hydrogen-bond acceptors (Lipinski definition) is 3. The maximum Gasteiger partial charge on any atom is 0.161 e. The number of nitrogens with zero attached hydrogens (tertiary/aromatic N) is 2. The minimum atomic E-state index is 0.390. The van der Waals surface area contributed by atoms with Gasteiger partial charge in [0.2, 0.25) is 0 Å². The van der Waals surface area contributed by atoms with Gasteiger partial charge in [0.25, 0.3) is 0 Å². The molecule has 1 fully saturated rings. The van der Waals surface area contributed by atoms with Gasteiger partial charge in [0, 0.05) is 12.6 Å². The Bertz CT molecular complexity index is 327. The Balaban J connectivity index is 2.26. The highest BCUT2D eigenvalue weighted by molar-refractivity contribution is 5.28. The first-order chi connectivity index (χ1) is 7.76. The van der Waals surface area contributed by atoms with Crippen LogP contribution in [0, 0.1) is 0 Å². The predicted octanol–water partition coefficient (Wildman–Crippen LogP) is 2.11. The largest absolute Gasteiger partial charge is 0.493 e. The fourth-order valence-corrected chi connectivity index (χ4v) is 2.49. The van der Waals surface area contributed by atoms with E-state index in [4.69, 9.17) is 4.74 Å². The van der Waals surface area contributed by atoms with Crippen molar-refractivity contribution in [2.24, 2.45) is 0 Å². The van der Waals surface area contributed by atoms with Gasteiger partial charge in [-0.3, -0.25) is 4.68 Å². The van der Waals surface area contributed by atoms with Gasteiger partial charge in [0.15, 0.2) is 5.75 Å². The molecule has 2 atom stereocenters. The first-order valence-electron chi connectivity index (χ1n) is 6.12. The van der Waals surface area contributed by atoms with Gasteiger partial charge in [0.1, 0.15) is 0 Å². The third-order valence-electron chi connectivity index (χ3n) is 3.31. The van der Waals surface area contributed by atoms with Crippen molar-refractivity contribution in [1.29, 1.82) is 0 Å². The molecule has 0 bridgehead atoms. The Morgan fingerprint density at radius 1 is 1.56 bits per heavy atom. The van der Waals surface area contributed by atoms with Gasteiger partial charge in [-0.15, -0.1) is 0 Å². The average Bonchev–Trinajstić information content (AvgIpc) is 2.71. The van der Waals surface area contributed by atoms with Crippen LogP contribution in [-0.2, 0) is 6.54 Å². The highest BCUT2D eigenvalue weighted by atomic mass is 16.5. The lowest BCUT2D eigenvalue weighted by Crippen LogP contribution is -2.35. The van der Waals surface area contributed by atoms with E-state index in [1.165, 1.54) is 25.0 Å². The molecule has 2 rings (SSSR count). The number of hydrogen-bond donors (Lipinski definition) is 1. The molecule has 1 aromatic heterocycles. The molecule has 1 aliphatic rings. The third-order valence-corrected chi connectivity index (χ3v) is 3.31. The summed E-state index contributed by atoms with van der Waals surface area (Å²) < 4.78 is 7.43. The van der Waals surface area contributed by atoms with E-state index >= 15 is 0 Å². The molecule has 1 aliphatic heterocycles. The van der Waals surface area contributed by atoms with Crippen LogP contribution in [0.4, 0.5) is 0 Å². The van der Waals surface area contributed by atoms with E-state index < -0.39 is 0 Å². The van der Waals surface area contributed by atoms with Crippen molar-refractivity contribution >= 4 is 0 Å². The van der Waals surface area contributed by atoms with E-state index in [9.17, 15) is 0 Å². The van der Waals surface area contributed by atoms with Gasteiger partial charge in [0.05, 0.1) is 25.0 Å². The van der Waals surface area contributed by atoms with Gasteiger partial charge in [-0.25, -0.2) is 0 Å². The molecule has 0 spiro atoms. The maximum atomic E-state index is 5.39. The SMILES string of the molecule is CCn1ncc(OC)c1C1CCCC(C)N1. The lowest BCUT2D eigenvalue weighted by Gasteiger charge is -2.29. The second kappa shape index (κ2) is 4.87. The van der Waals surface area contributed by atoms with E-state index in [2.05, 4.69) is 24.3 Å². The van der Waals surface area contributed by atoms with Crippen molar-refractivity contribution in [2.75, 3.05) is 7.11 Å². The van der Waals surface area contributed by atoms with Gasteiger partial charge < -0.3 is 10.1 Å². The van der Waals surface area contributed by atoms with Crippen LogP contribution in [-0.4, -0.2) is 22.9 Å². The standard InChI is InChI=1S/C12H21N3O/c1-4-15-12(11(16-3)8-13-15)10-7-5-6-9(2)14-10/h8-10,14H,4-7H2,1-3H3. The zero-order chi connectivity index (χ0) is 11.5. The van der Waals surface area contributed by atoms with Gasteiger partial charge in [-0.1, -0.05) is 0 Å². The number of methoxy groups -OCH3 is 1. The zero-order valence-electron chi connectivity index (χ0n) is 10.4. The first kappa shape index (κ1) is 11.5. The van der Waals surface area contributed by atoms with Crippen molar-refractivity contribution in [3.63, 3.8) is 0 Å². The summed E-state index contributed by atoms with van der Waals surface area (Å²) in [5.74, 6) is 0.911. The highest BCUT2D eigenvalue weighted by Crippen LogP contribution is 2.31. The van der Waals surface area contributed by atoms with Crippen molar-refractivity contribution < 1.29 is 4.74 Å². The van der Waals surface area contributed by atoms with Crippen LogP contribution in [0.2, 0.25) is 0 Å². The molecular weight excluding hydrogens is 202 g/mol. The number of ether oxygens (including phenoxy) is 1. The van der Waals surface area contributed by atoms with E-state index in [1.54, 1.807) is 7.11 Å². The van der Waals surface area contributed by atoms with Crippen molar-refractivity contribution in [2.45, 2.75) is 51.7 Å². The Hall–Kier alpha value is -1.03. The summed E-state index contributed by atoms with van der Waals surface area (Å²) in [6, 6.07) is 0.977. The van der Waals surface area contributed by atoms with Crippen LogP contribution in [0.1, 0.15) is 44.8 Å². The minimum Gasteiger partial charge on any atom is -0.493 e. The molecule has 2 unspecified atom stereocenters. The second-order valence-corrected chi connectivity index (χ2v) is 4.47. The Morgan fingerprint density at radius 2 is 2.38 bits per heavy atom. The smallest absolute Gasteiger partial charge is 0.161 e. The predicted molar refractivity (Wildman–Crippen MR) is 63.6 cm³/mol. The molecule has 0 saturated carbocycles. The normalized spacial score (nSPS) is 25.7. The molecule has 4 nitrogen and oxygen atoms in total. The van der Waals surface area contributed by atoms with E-state index in [1.807, 2.05) is 10.9 Å². The fourth-order valence-electron chi connectivity index (χ4n) is 2.49. The van der Waals surface area contributed by atoms with Crippen LogP contribution in [0.3, 0.4) is 0 Å². The number of aromatic nitrogens is 2. The van der Waals surface area contributed by atoms with Crippen LogP contribution < -0.4 is 10.1 Å². The van der Waals surface area contributed by atoms with E-state index in [-0.39, 0.29) is 0 Å². The summed E-state index contributed by atoms with van der Waals surface area (Å²) in [5.41, 5.74) is 1.21. The molecule has 2 heterocycles. The molecule has 1 N–H and O–H groups in total. The summed E-state index contributed by atoms with van der Waals surface area (Å²) in [4.78, 5) is 0. The molecule has 1 aromatic rings. The molecule has 90 valence electrons. The van der Waals surface area contributed by atoms with E-state index in [0.29, 0.717) is 12.1 Å². The summed E-state index contributed by atoms with van der Waals surface area (Å²) in [5, 5.41) is 7.98. The maximum absolute atomic E-state index is 5.39. The van der Waals surface area contributed by atoms with Crippen molar-refractivity contribution in [1.82, 2.24) is 15.1 Å². The zero-order valence-corrected chi connectivity index (χ0v) is 10.4. The molecule has 1 saturated heterocycles. The summed E-state index contributed by atoms with van der Waals surface area (Å²) in [6.07, 6.45) is 5.53. The van der Waals surface area contributed by atoms with Crippen LogP contribution in [0.25, 0.3) is 0 Å². The van der Waals surface area contributed by atoms with Gasteiger partial charge in [-0.05, 0) is 33.1 Å². The molecule has 4 heteroatoms. The van der Waals surface area contributed by atoms with E-state index in [0.717, 1.165) is 12.3 Å². The molecule has 16 heavy (non-hydrogen) atoms. The molecule has 0 amide bonds. The number of aryl methyl sites for hydroxylation is 1. The monoisotopic (exact) mass is 223 g/mol. The van der Waals surface area contributed by atoms with Crippen LogP contribution in [0.5, 0.6) is 5.75 Å². The van der Waals surface area contributed by atoms with Crippen molar-refractivity contribution in [3.8, 4) is 5.75 Å². The molecule has 0 aliphatic carbocycles. The van der Waals surface area contributed by atoms with Gasteiger partial charge in [-0.2, -0.15) is 5.10 Å². The summed E-state index contributed by atoms with van der Waals surface area (Å²) >= 11 is 0. The topological polar surface area (TPSA) is 39.1 Å². The average molecular weight is 223 g/mol. The number of piperidine rings is 1.